The molecule has 0 aliphatic carbocycles. The lowest BCUT2D eigenvalue weighted by Gasteiger charge is -2.13. The predicted molar refractivity (Wildman–Crippen MR) is 91.9 cm³/mol. The molecule has 0 spiro atoms. The van der Waals surface area contributed by atoms with Crippen LogP contribution in [0.2, 0.25) is 0 Å². The van der Waals surface area contributed by atoms with Crippen LogP contribution in [0.5, 0.6) is 0 Å². The van der Waals surface area contributed by atoms with Gasteiger partial charge in [0.2, 0.25) is 0 Å². The third-order valence-electron chi connectivity index (χ3n) is 4.01. The number of hydrogen-bond acceptors (Lipinski definition) is 2. The summed E-state index contributed by atoms with van der Waals surface area (Å²) < 4.78 is 27.7. The van der Waals surface area contributed by atoms with E-state index >= 15 is 0 Å². The molecule has 0 aliphatic rings. The summed E-state index contributed by atoms with van der Waals surface area (Å²) in [4.78, 5) is 0.292. The van der Waals surface area contributed by atoms with E-state index < -0.39 is 10.0 Å². The van der Waals surface area contributed by atoms with Gasteiger partial charge in [0, 0.05) is 0 Å². The highest BCUT2D eigenvalue weighted by Gasteiger charge is 2.15. The molecule has 1 atom stereocenters. The Morgan fingerprint density at radius 3 is 2.27 bits per heavy atom. The Hall–Kier alpha value is -1.81. The average Bonchev–Trinajstić information content (AvgIpc) is 2.50. The molecule has 0 aromatic heterocycles. The number of benzene rings is 2. The minimum absolute atomic E-state index is 0.292. The molecular weight excluding hydrogens is 294 g/mol. The molecule has 1 N–H and O–H groups in total. The van der Waals surface area contributed by atoms with Crippen molar-refractivity contribution in [2.24, 2.45) is 0 Å². The summed E-state index contributed by atoms with van der Waals surface area (Å²) >= 11 is 0. The number of nitrogens with one attached hydrogen (secondary N) is 1. The molecule has 0 unspecified atom stereocenters. The zero-order chi connectivity index (χ0) is 16.3. The molecule has 118 valence electrons. The standard InChI is InChI=1S/C18H23NO2S/c1-5-14(3)16-8-10-17(11-9-16)22(20,21)19-18-12-13(2)6-7-15(18)4/h6-12,14,19H,5H2,1-4H3/t14-/m1/s1. The van der Waals surface area contributed by atoms with Gasteiger partial charge in [-0.15, -0.1) is 0 Å². The van der Waals surface area contributed by atoms with Crippen LogP contribution in [-0.4, -0.2) is 8.42 Å². The first-order chi connectivity index (χ1) is 10.3. The first kappa shape index (κ1) is 16.6. The van der Waals surface area contributed by atoms with Crippen LogP contribution in [0.1, 0.15) is 42.9 Å². The first-order valence-corrected chi connectivity index (χ1v) is 9.02. The van der Waals surface area contributed by atoms with Gasteiger partial charge in [-0.05, 0) is 61.1 Å². The summed E-state index contributed by atoms with van der Waals surface area (Å²) in [5.74, 6) is 0.434. The lowest BCUT2D eigenvalue weighted by Crippen LogP contribution is -2.14. The molecule has 0 fully saturated rings. The van der Waals surface area contributed by atoms with Gasteiger partial charge in [0.1, 0.15) is 0 Å². The summed E-state index contributed by atoms with van der Waals surface area (Å²) in [6, 6.07) is 12.9. The summed E-state index contributed by atoms with van der Waals surface area (Å²) in [6.45, 7) is 8.09. The Morgan fingerprint density at radius 2 is 1.68 bits per heavy atom. The van der Waals surface area contributed by atoms with Gasteiger partial charge in [-0.25, -0.2) is 8.42 Å². The second kappa shape index (κ2) is 6.53. The topological polar surface area (TPSA) is 46.2 Å². The van der Waals surface area contributed by atoms with E-state index in [9.17, 15) is 8.42 Å². The Morgan fingerprint density at radius 1 is 1.05 bits per heavy atom. The maximum absolute atomic E-state index is 12.5. The molecule has 0 radical (unpaired) electrons. The molecule has 3 nitrogen and oxygen atoms in total. The Kier molecular flexibility index (Phi) is 4.91. The number of aryl methyl sites for hydroxylation is 2. The van der Waals surface area contributed by atoms with Crippen molar-refractivity contribution in [3.8, 4) is 0 Å². The summed E-state index contributed by atoms with van der Waals surface area (Å²) in [5, 5.41) is 0. The number of hydrogen-bond donors (Lipinski definition) is 1. The molecule has 0 saturated carbocycles. The van der Waals surface area contributed by atoms with Gasteiger partial charge in [0.15, 0.2) is 0 Å². The van der Waals surface area contributed by atoms with Gasteiger partial charge in [-0.1, -0.05) is 38.1 Å². The Bertz CT molecular complexity index is 749. The van der Waals surface area contributed by atoms with Crippen LogP contribution in [0.3, 0.4) is 0 Å². The number of anilines is 1. The minimum atomic E-state index is -3.55. The normalized spacial score (nSPS) is 12.9. The van der Waals surface area contributed by atoms with Crippen molar-refractivity contribution in [1.82, 2.24) is 0 Å². The van der Waals surface area contributed by atoms with E-state index in [0.717, 1.165) is 23.1 Å². The Balaban J connectivity index is 2.28. The van der Waals surface area contributed by atoms with E-state index in [2.05, 4.69) is 18.6 Å². The lowest BCUT2D eigenvalue weighted by atomic mass is 9.99. The molecule has 2 aromatic carbocycles. The summed E-state index contributed by atoms with van der Waals surface area (Å²) in [5.41, 5.74) is 3.72. The number of sulfonamides is 1. The van der Waals surface area contributed by atoms with Gasteiger partial charge in [-0.2, -0.15) is 0 Å². The first-order valence-electron chi connectivity index (χ1n) is 7.53. The monoisotopic (exact) mass is 317 g/mol. The minimum Gasteiger partial charge on any atom is -0.279 e. The summed E-state index contributed by atoms with van der Waals surface area (Å²) in [7, 11) is -3.55. The average molecular weight is 317 g/mol. The van der Waals surface area contributed by atoms with Crippen LogP contribution in [-0.2, 0) is 10.0 Å². The number of rotatable bonds is 5. The second-order valence-corrected chi connectivity index (χ2v) is 7.48. The van der Waals surface area contributed by atoms with E-state index in [-0.39, 0.29) is 0 Å². The van der Waals surface area contributed by atoms with Crippen LogP contribution in [0, 0.1) is 13.8 Å². The van der Waals surface area contributed by atoms with Crippen molar-refractivity contribution in [3.05, 3.63) is 59.2 Å². The third-order valence-corrected chi connectivity index (χ3v) is 5.39. The fourth-order valence-electron chi connectivity index (χ4n) is 2.26. The van der Waals surface area contributed by atoms with Gasteiger partial charge < -0.3 is 0 Å². The van der Waals surface area contributed by atoms with Crippen molar-refractivity contribution in [2.45, 2.75) is 44.9 Å². The van der Waals surface area contributed by atoms with Crippen molar-refractivity contribution >= 4 is 15.7 Å². The molecule has 0 amide bonds. The molecule has 2 rings (SSSR count). The molecule has 2 aromatic rings. The summed E-state index contributed by atoms with van der Waals surface area (Å²) in [6.07, 6.45) is 1.03. The van der Waals surface area contributed by atoms with Crippen molar-refractivity contribution in [1.29, 1.82) is 0 Å². The highest BCUT2D eigenvalue weighted by Crippen LogP contribution is 2.23. The molecule has 0 saturated heterocycles. The van der Waals surface area contributed by atoms with E-state index in [0.29, 0.717) is 16.5 Å². The van der Waals surface area contributed by atoms with Gasteiger partial charge in [0.05, 0.1) is 10.6 Å². The fraction of sp³-hybridized carbons (Fsp3) is 0.333. The van der Waals surface area contributed by atoms with Crippen LogP contribution >= 0.6 is 0 Å². The second-order valence-electron chi connectivity index (χ2n) is 5.80. The zero-order valence-corrected chi connectivity index (χ0v) is 14.4. The van der Waals surface area contributed by atoms with Gasteiger partial charge in [0.25, 0.3) is 10.0 Å². The van der Waals surface area contributed by atoms with Gasteiger partial charge >= 0.3 is 0 Å². The lowest BCUT2D eigenvalue weighted by molar-refractivity contribution is 0.601. The van der Waals surface area contributed by atoms with Crippen LogP contribution < -0.4 is 4.72 Å². The van der Waals surface area contributed by atoms with Crippen LogP contribution in [0.4, 0.5) is 5.69 Å². The van der Waals surface area contributed by atoms with Crippen molar-refractivity contribution in [2.75, 3.05) is 4.72 Å². The van der Waals surface area contributed by atoms with E-state index in [1.807, 2.05) is 44.2 Å². The van der Waals surface area contributed by atoms with Crippen LogP contribution in [0.15, 0.2) is 47.4 Å². The molecule has 0 aliphatic heterocycles. The maximum atomic E-state index is 12.5. The SMILES string of the molecule is CC[C@@H](C)c1ccc(S(=O)(=O)Nc2cc(C)ccc2C)cc1. The largest absolute Gasteiger partial charge is 0.279 e. The van der Waals surface area contributed by atoms with E-state index in [4.69, 9.17) is 0 Å². The highest BCUT2D eigenvalue weighted by atomic mass is 32.2. The Labute approximate surface area is 133 Å². The molecule has 22 heavy (non-hydrogen) atoms. The fourth-order valence-corrected chi connectivity index (χ4v) is 3.38. The zero-order valence-electron chi connectivity index (χ0n) is 13.6. The predicted octanol–water partition coefficient (Wildman–Crippen LogP) is 4.62. The molecule has 0 bridgehead atoms. The van der Waals surface area contributed by atoms with Gasteiger partial charge in [-0.3, -0.25) is 4.72 Å². The van der Waals surface area contributed by atoms with Crippen LogP contribution in [0.25, 0.3) is 0 Å². The molecule has 0 heterocycles. The smallest absolute Gasteiger partial charge is 0.261 e. The third kappa shape index (κ3) is 3.69. The maximum Gasteiger partial charge on any atom is 0.261 e. The quantitative estimate of drug-likeness (QED) is 0.874. The van der Waals surface area contributed by atoms with E-state index in [1.165, 1.54) is 0 Å². The highest BCUT2D eigenvalue weighted by molar-refractivity contribution is 7.92. The molecule has 4 heteroatoms. The molecular formula is C18H23NO2S. The van der Waals surface area contributed by atoms with E-state index in [1.54, 1.807) is 12.1 Å². The van der Waals surface area contributed by atoms with Crippen molar-refractivity contribution in [3.63, 3.8) is 0 Å². The van der Waals surface area contributed by atoms with Crippen molar-refractivity contribution < 1.29 is 8.42 Å².